The first-order chi connectivity index (χ1) is 7.18. The smallest absolute Gasteiger partial charge is 0.165 e. The minimum absolute atomic E-state index is 0.105. The summed E-state index contributed by atoms with van der Waals surface area (Å²) < 4.78 is 13.3. The summed E-state index contributed by atoms with van der Waals surface area (Å²) in [6.07, 6.45) is 3.26. The third-order valence-corrected chi connectivity index (χ3v) is 2.92. The first kappa shape index (κ1) is 10.4. The van der Waals surface area contributed by atoms with Crippen molar-refractivity contribution >= 4 is 0 Å². The summed E-state index contributed by atoms with van der Waals surface area (Å²) in [5.74, 6) is -0.711. The molecule has 0 aromatic heterocycles. The van der Waals surface area contributed by atoms with Crippen LogP contribution in [-0.4, -0.2) is 11.7 Å². The van der Waals surface area contributed by atoms with E-state index in [9.17, 15) is 9.50 Å². The molecule has 0 aliphatic carbocycles. The maximum atomic E-state index is 13.3. The Morgan fingerprint density at radius 1 is 1.40 bits per heavy atom. The largest absolute Gasteiger partial charge is 0.505 e. The van der Waals surface area contributed by atoms with Crippen molar-refractivity contribution in [1.29, 1.82) is 0 Å². The van der Waals surface area contributed by atoms with Crippen molar-refractivity contribution in [2.24, 2.45) is 0 Å². The Morgan fingerprint density at radius 3 is 2.87 bits per heavy atom. The molecule has 2 N–H and O–H groups in total. The fourth-order valence-electron chi connectivity index (χ4n) is 2.14. The average molecular weight is 209 g/mol. The average Bonchev–Trinajstić information content (AvgIpc) is 2.24. The maximum Gasteiger partial charge on any atom is 0.165 e. The number of halogens is 1. The number of aryl methyl sites for hydroxylation is 1. The molecule has 0 amide bonds. The molecule has 15 heavy (non-hydrogen) atoms. The number of phenolic OH excluding ortho intramolecular Hbond substituents is 1. The molecule has 1 aliphatic rings. The van der Waals surface area contributed by atoms with Gasteiger partial charge in [-0.3, -0.25) is 0 Å². The lowest BCUT2D eigenvalue weighted by Crippen LogP contribution is -2.27. The van der Waals surface area contributed by atoms with Crippen LogP contribution in [0.1, 0.15) is 36.4 Å². The van der Waals surface area contributed by atoms with Gasteiger partial charge in [-0.2, -0.15) is 0 Å². The van der Waals surface area contributed by atoms with E-state index in [-0.39, 0.29) is 11.8 Å². The van der Waals surface area contributed by atoms with Gasteiger partial charge >= 0.3 is 0 Å². The molecule has 1 heterocycles. The van der Waals surface area contributed by atoms with Gasteiger partial charge in [-0.25, -0.2) is 4.39 Å². The van der Waals surface area contributed by atoms with Crippen molar-refractivity contribution in [1.82, 2.24) is 5.32 Å². The number of hydrogen-bond donors (Lipinski definition) is 2. The molecule has 2 nitrogen and oxygen atoms in total. The monoisotopic (exact) mass is 209 g/mol. The number of rotatable bonds is 1. The van der Waals surface area contributed by atoms with Crippen molar-refractivity contribution in [3.05, 3.63) is 29.1 Å². The summed E-state index contributed by atoms with van der Waals surface area (Å²) in [4.78, 5) is 0. The van der Waals surface area contributed by atoms with Gasteiger partial charge in [0.25, 0.3) is 0 Å². The number of hydrogen-bond acceptors (Lipinski definition) is 2. The zero-order valence-corrected chi connectivity index (χ0v) is 8.89. The third-order valence-electron chi connectivity index (χ3n) is 2.92. The zero-order valence-electron chi connectivity index (χ0n) is 8.89. The molecule has 0 unspecified atom stereocenters. The molecule has 3 heteroatoms. The van der Waals surface area contributed by atoms with Gasteiger partial charge < -0.3 is 10.4 Å². The molecule has 0 spiro atoms. The topological polar surface area (TPSA) is 32.3 Å². The van der Waals surface area contributed by atoms with E-state index in [1.807, 2.05) is 13.0 Å². The number of phenols is 1. The Balaban J connectivity index is 2.33. The molecule has 82 valence electrons. The van der Waals surface area contributed by atoms with Crippen LogP contribution in [0.2, 0.25) is 0 Å². The lowest BCUT2D eigenvalue weighted by molar-refractivity contribution is 0.377. The van der Waals surface area contributed by atoms with Crippen LogP contribution in [0.5, 0.6) is 5.75 Å². The SMILES string of the molecule is Cc1cc(F)c(O)c([C@@H]2CCCCN2)c1. The van der Waals surface area contributed by atoms with Crippen LogP contribution in [-0.2, 0) is 0 Å². The first-order valence-corrected chi connectivity index (χ1v) is 5.41. The predicted molar refractivity (Wildman–Crippen MR) is 57.4 cm³/mol. The highest BCUT2D eigenvalue weighted by molar-refractivity contribution is 5.39. The van der Waals surface area contributed by atoms with Gasteiger partial charge in [-0.05, 0) is 37.9 Å². The van der Waals surface area contributed by atoms with Gasteiger partial charge in [0.05, 0.1) is 0 Å². The molecule has 1 saturated heterocycles. The lowest BCUT2D eigenvalue weighted by atomic mass is 9.95. The van der Waals surface area contributed by atoms with Gasteiger partial charge in [0, 0.05) is 11.6 Å². The molecule has 0 saturated carbocycles. The minimum atomic E-state index is -0.516. The van der Waals surface area contributed by atoms with Crippen LogP contribution in [0.4, 0.5) is 4.39 Å². The maximum absolute atomic E-state index is 13.3. The lowest BCUT2D eigenvalue weighted by Gasteiger charge is -2.24. The molecule has 0 bridgehead atoms. The van der Waals surface area contributed by atoms with Crippen molar-refractivity contribution < 1.29 is 9.50 Å². The van der Waals surface area contributed by atoms with E-state index in [4.69, 9.17) is 0 Å². The van der Waals surface area contributed by atoms with E-state index in [1.54, 1.807) is 0 Å². The third kappa shape index (κ3) is 2.12. The highest BCUT2D eigenvalue weighted by atomic mass is 19.1. The van der Waals surface area contributed by atoms with E-state index < -0.39 is 5.82 Å². The molecule has 0 radical (unpaired) electrons. The number of nitrogens with one attached hydrogen (secondary N) is 1. The van der Waals surface area contributed by atoms with Gasteiger partial charge in [0.2, 0.25) is 0 Å². The normalized spacial score (nSPS) is 21.6. The Hall–Kier alpha value is -1.09. The predicted octanol–water partition coefficient (Wildman–Crippen LogP) is 2.65. The summed E-state index contributed by atoms with van der Waals surface area (Å²) in [5, 5.41) is 13.0. The fraction of sp³-hybridized carbons (Fsp3) is 0.500. The second-order valence-electron chi connectivity index (χ2n) is 4.19. The van der Waals surface area contributed by atoms with E-state index in [2.05, 4.69) is 5.32 Å². The standard InChI is InChI=1S/C12H16FNO/c1-8-6-9(12(15)10(13)7-8)11-4-2-3-5-14-11/h6-7,11,14-15H,2-5H2,1H3/t11-/m0/s1. The summed E-state index contributed by atoms with van der Waals surface area (Å²) >= 11 is 0. The molecule has 1 aromatic carbocycles. The van der Waals surface area contributed by atoms with Crippen molar-refractivity contribution in [2.45, 2.75) is 32.2 Å². The van der Waals surface area contributed by atoms with E-state index in [0.717, 1.165) is 31.4 Å². The van der Waals surface area contributed by atoms with Crippen molar-refractivity contribution in [3.63, 3.8) is 0 Å². The van der Waals surface area contributed by atoms with Crippen LogP contribution in [0, 0.1) is 12.7 Å². The zero-order chi connectivity index (χ0) is 10.8. The molecule has 1 aromatic rings. The van der Waals surface area contributed by atoms with E-state index in [1.165, 1.54) is 6.07 Å². The summed E-state index contributed by atoms with van der Waals surface area (Å²) in [7, 11) is 0. The van der Waals surface area contributed by atoms with Crippen LogP contribution in [0.15, 0.2) is 12.1 Å². The summed E-state index contributed by atoms with van der Waals surface area (Å²) in [6.45, 7) is 2.79. The van der Waals surface area contributed by atoms with Crippen molar-refractivity contribution in [2.75, 3.05) is 6.54 Å². The quantitative estimate of drug-likeness (QED) is 0.745. The van der Waals surface area contributed by atoms with Gasteiger partial charge in [-0.1, -0.05) is 12.5 Å². The summed E-state index contributed by atoms with van der Waals surface area (Å²) in [5.41, 5.74) is 1.56. The molecular weight excluding hydrogens is 193 g/mol. The van der Waals surface area contributed by atoms with Gasteiger partial charge in [-0.15, -0.1) is 0 Å². The van der Waals surface area contributed by atoms with E-state index in [0.29, 0.717) is 5.56 Å². The molecule has 2 rings (SSSR count). The van der Waals surface area contributed by atoms with Crippen LogP contribution >= 0.6 is 0 Å². The summed E-state index contributed by atoms with van der Waals surface area (Å²) in [6, 6.07) is 3.33. The number of aromatic hydroxyl groups is 1. The molecule has 1 fully saturated rings. The Morgan fingerprint density at radius 2 is 2.20 bits per heavy atom. The van der Waals surface area contributed by atoms with Gasteiger partial charge in [0.1, 0.15) is 0 Å². The number of piperidine rings is 1. The Kier molecular flexibility index (Phi) is 2.91. The second kappa shape index (κ2) is 4.19. The van der Waals surface area contributed by atoms with Crippen LogP contribution in [0.3, 0.4) is 0 Å². The van der Waals surface area contributed by atoms with Crippen LogP contribution in [0.25, 0.3) is 0 Å². The van der Waals surface area contributed by atoms with Gasteiger partial charge in [0.15, 0.2) is 11.6 Å². The molecule has 1 atom stereocenters. The van der Waals surface area contributed by atoms with Crippen molar-refractivity contribution in [3.8, 4) is 5.75 Å². The number of benzene rings is 1. The molecular formula is C12H16FNO. The highest BCUT2D eigenvalue weighted by Crippen LogP contribution is 2.32. The second-order valence-corrected chi connectivity index (χ2v) is 4.19. The first-order valence-electron chi connectivity index (χ1n) is 5.41. The molecule has 1 aliphatic heterocycles. The minimum Gasteiger partial charge on any atom is -0.505 e. The fourth-order valence-corrected chi connectivity index (χ4v) is 2.14. The Labute approximate surface area is 89.1 Å². The van der Waals surface area contributed by atoms with E-state index >= 15 is 0 Å². The highest BCUT2D eigenvalue weighted by Gasteiger charge is 2.20. The Bertz CT molecular complexity index is 359. The van der Waals surface area contributed by atoms with Crippen LogP contribution < -0.4 is 5.32 Å².